The number of carbonyl (C=O) groups is 2. The van der Waals surface area contributed by atoms with Crippen LogP contribution in [0.5, 0.6) is 5.75 Å². The SMILES string of the molecule is COc1ccc(CC2(C(=O)O)C=CCO2)cc1CNC(=O)c1sc(-c2ccc(Cl)cc2)nc1C. The molecule has 0 bridgehead atoms. The minimum absolute atomic E-state index is 0.169. The van der Waals surface area contributed by atoms with Gasteiger partial charge in [0.05, 0.1) is 19.4 Å². The topological polar surface area (TPSA) is 97.8 Å². The van der Waals surface area contributed by atoms with Crippen molar-refractivity contribution in [3.63, 3.8) is 0 Å². The highest BCUT2D eigenvalue weighted by Gasteiger charge is 2.39. The molecule has 0 radical (unpaired) electrons. The quantitative estimate of drug-likeness (QED) is 0.438. The van der Waals surface area contributed by atoms with Crippen molar-refractivity contribution in [3.8, 4) is 16.3 Å². The first kappa shape index (κ1) is 23.9. The fraction of sp³-hybridized carbons (Fsp3) is 0.240. The molecule has 176 valence electrons. The highest BCUT2D eigenvalue weighted by Crippen LogP contribution is 2.30. The summed E-state index contributed by atoms with van der Waals surface area (Å²) in [6.07, 6.45) is 3.45. The number of carboxylic acids is 1. The second kappa shape index (κ2) is 9.97. The van der Waals surface area contributed by atoms with Crippen LogP contribution in [0.15, 0.2) is 54.6 Å². The molecule has 7 nitrogen and oxygen atoms in total. The predicted octanol–water partition coefficient (Wildman–Crippen LogP) is 4.66. The molecule has 0 aliphatic carbocycles. The van der Waals surface area contributed by atoms with E-state index in [0.717, 1.165) is 21.7 Å². The van der Waals surface area contributed by atoms with Gasteiger partial charge in [0.1, 0.15) is 15.6 Å². The van der Waals surface area contributed by atoms with Crippen LogP contribution in [0.4, 0.5) is 0 Å². The monoisotopic (exact) mass is 498 g/mol. The van der Waals surface area contributed by atoms with Gasteiger partial charge in [-0.25, -0.2) is 9.78 Å². The minimum Gasteiger partial charge on any atom is -0.496 e. The summed E-state index contributed by atoms with van der Waals surface area (Å²) in [6.45, 7) is 2.27. The molecular formula is C25H23ClN2O5S. The van der Waals surface area contributed by atoms with Crippen LogP contribution in [-0.4, -0.2) is 41.3 Å². The summed E-state index contributed by atoms with van der Waals surface area (Å²) in [6, 6.07) is 12.7. The number of aromatic nitrogens is 1. The standard InChI is InChI=1S/C25H23ClN2O5S/c1-15-21(34-23(28-15)17-5-7-19(26)8-6-17)22(29)27-14-18-12-16(4-9-20(18)32-2)13-25(24(30)31)10-3-11-33-25/h3-10,12H,11,13-14H2,1-2H3,(H,27,29)(H,30,31). The van der Waals surface area contributed by atoms with Crippen molar-refractivity contribution in [2.45, 2.75) is 25.5 Å². The molecule has 4 rings (SSSR count). The van der Waals surface area contributed by atoms with E-state index in [0.29, 0.717) is 21.3 Å². The molecule has 1 unspecified atom stereocenters. The van der Waals surface area contributed by atoms with E-state index in [4.69, 9.17) is 21.1 Å². The number of methoxy groups -OCH3 is 1. The summed E-state index contributed by atoms with van der Waals surface area (Å²) in [5.74, 6) is -0.685. The van der Waals surface area contributed by atoms with Gasteiger partial charge in [-0.3, -0.25) is 4.79 Å². The smallest absolute Gasteiger partial charge is 0.340 e. The highest BCUT2D eigenvalue weighted by atomic mass is 35.5. The number of benzene rings is 2. The van der Waals surface area contributed by atoms with E-state index >= 15 is 0 Å². The minimum atomic E-state index is -1.38. The Labute approximate surface area is 206 Å². The van der Waals surface area contributed by atoms with Crippen LogP contribution in [0.1, 0.15) is 26.5 Å². The number of ether oxygens (including phenoxy) is 2. The van der Waals surface area contributed by atoms with Crippen molar-refractivity contribution in [1.82, 2.24) is 10.3 Å². The summed E-state index contributed by atoms with van der Waals surface area (Å²) in [4.78, 5) is 29.8. The Morgan fingerprint density at radius 2 is 2.03 bits per heavy atom. The third kappa shape index (κ3) is 4.99. The van der Waals surface area contributed by atoms with Gasteiger partial charge in [0.15, 0.2) is 5.60 Å². The number of hydrogen-bond acceptors (Lipinski definition) is 6. The van der Waals surface area contributed by atoms with Crippen LogP contribution in [0.25, 0.3) is 10.6 Å². The van der Waals surface area contributed by atoms with Crippen LogP contribution in [0.3, 0.4) is 0 Å². The summed E-state index contributed by atoms with van der Waals surface area (Å²) in [7, 11) is 1.55. The first-order chi connectivity index (χ1) is 16.3. The Bertz CT molecular complexity index is 1250. The number of carboxylic acid groups (broad SMARTS) is 1. The lowest BCUT2D eigenvalue weighted by Crippen LogP contribution is -2.39. The molecule has 1 aromatic heterocycles. The van der Waals surface area contributed by atoms with E-state index < -0.39 is 11.6 Å². The zero-order valence-electron chi connectivity index (χ0n) is 18.6. The second-order valence-corrected chi connectivity index (χ2v) is 9.29. The third-order valence-corrected chi connectivity index (χ3v) is 6.99. The van der Waals surface area contributed by atoms with Crippen LogP contribution in [-0.2, 0) is 22.5 Å². The van der Waals surface area contributed by atoms with Gasteiger partial charge in [-0.05, 0) is 36.8 Å². The number of aliphatic carboxylic acids is 1. The molecule has 0 saturated carbocycles. The lowest BCUT2D eigenvalue weighted by Gasteiger charge is -2.22. The molecule has 1 amide bonds. The Morgan fingerprint density at radius 1 is 1.26 bits per heavy atom. The summed E-state index contributed by atoms with van der Waals surface area (Å²) < 4.78 is 10.9. The molecule has 2 heterocycles. The number of aryl methyl sites for hydroxylation is 1. The molecular weight excluding hydrogens is 476 g/mol. The van der Waals surface area contributed by atoms with Gasteiger partial charge in [-0.2, -0.15) is 0 Å². The number of hydrogen-bond donors (Lipinski definition) is 2. The molecule has 3 aromatic rings. The summed E-state index contributed by atoms with van der Waals surface area (Å²) >= 11 is 7.27. The van der Waals surface area contributed by atoms with Crippen molar-refractivity contribution >= 4 is 34.8 Å². The van der Waals surface area contributed by atoms with Gasteiger partial charge in [-0.1, -0.05) is 41.9 Å². The number of carbonyl (C=O) groups excluding carboxylic acids is 1. The molecule has 0 saturated heterocycles. The molecule has 0 fully saturated rings. The first-order valence-corrected chi connectivity index (χ1v) is 11.7. The van der Waals surface area contributed by atoms with E-state index in [1.807, 2.05) is 18.2 Å². The van der Waals surface area contributed by atoms with Crippen molar-refractivity contribution < 1.29 is 24.2 Å². The zero-order valence-corrected chi connectivity index (χ0v) is 20.2. The van der Waals surface area contributed by atoms with Gasteiger partial charge < -0.3 is 19.9 Å². The molecule has 2 N–H and O–H groups in total. The fourth-order valence-corrected chi connectivity index (χ4v) is 4.88. The molecule has 0 spiro atoms. The van der Waals surface area contributed by atoms with E-state index in [1.54, 1.807) is 50.5 Å². The normalized spacial score (nSPS) is 17.0. The Kier molecular flexibility index (Phi) is 7.02. The van der Waals surface area contributed by atoms with Crippen LogP contribution in [0, 0.1) is 6.92 Å². The Balaban J connectivity index is 1.50. The predicted molar refractivity (Wildman–Crippen MR) is 131 cm³/mol. The number of nitrogens with zero attached hydrogens (tertiary/aromatic N) is 1. The molecule has 1 atom stereocenters. The number of rotatable bonds is 8. The van der Waals surface area contributed by atoms with Gasteiger partial charge >= 0.3 is 5.97 Å². The Morgan fingerprint density at radius 3 is 2.68 bits per heavy atom. The number of halogens is 1. The lowest BCUT2D eigenvalue weighted by atomic mass is 9.93. The van der Waals surface area contributed by atoms with Crippen LogP contribution >= 0.6 is 22.9 Å². The van der Waals surface area contributed by atoms with Gasteiger partial charge in [0, 0.05) is 29.1 Å². The lowest BCUT2D eigenvalue weighted by molar-refractivity contribution is -0.156. The van der Waals surface area contributed by atoms with E-state index in [9.17, 15) is 14.7 Å². The first-order valence-electron chi connectivity index (χ1n) is 10.5. The Hall–Kier alpha value is -3.20. The van der Waals surface area contributed by atoms with Crippen molar-refractivity contribution in [1.29, 1.82) is 0 Å². The summed E-state index contributed by atoms with van der Waals surface area (Å²) in [5.41, 5.74) is 1.64. The van der Waals surface area contributed by atoms with Gasteiger partial charge in [0.25, 0.3) is 5.91 Å². The molecule has 9 heteroatoms. The van der Waals surface area contributed by atoms with Gasteiger partial charge in [0.2, 0.25) is 0 Å². The van der Waals surface area contributed by atoms with Crippen molar-refractivity contribution in [3.05, 3.63) is 81.3 Å². The maximum absolute atomic E-state index is 12.9. The highest BCUT2D eigenvalue weighted by molar-refractivity contribution is 7.17. The van der Waals surface area contributed by atoms with E-state index in [2.05, 4.69) is 10.3 Å². The number of thiazole rings is 1. The second-order valence-electron chi connectivity index (χ2n) is 7.85. The third-order valence-electron chi connectivity index (χ3n) is 5.53. The molecule has 1 aliphatic rings. The maximum atomic E-state index is 12.9. The van der Waals surface area contributed by atoms with Crippen LogP contribution < -0.4 is 10.1 Å². The van der Waals surface area contributed by atoms with Gasteiger partial charge in [-0.15, -0.1) is 11.3 Å². The molecule has 1 aliphatic heterocycles. The largest absolute Gasteiger partial charge is 0.496 e. The van der Waals surface area contributed by atoms with Crippen molar-refractivity contribution in [2.75, 3.05) is 13.7 Å². The van der Waals surface area contributed by atoms with Crippen LogP contribution in [0.2, 0.25) is 5.02 Å². The average molecular weight is 499 g/mol. The molecule has 34 heavy (non-hydrogen) atoms. The zero-order chi connectivity index (χ0) is 24.3. The van der Waals surface area contributed by atoms with E-state index in [1.165, 1.54) is 11.3 Å². The van der Waals surface area contributed by atoms with E-state index in [-0.39, 0.29) is 25.5 Å². The number of nitrogens with one attached hydrogen (secondary N) is 1. The average Bonchev–Trinajstić information content (AvgIpc) is 3.46. The van der Waals surface area contributed by atoms with Crippen molar-refractivity contribution in [2.24, 2.45) is 0 Å². The summed E-state index contributed by atoms with van der Waals surface area (Å²) in [5, 5.41) is 14.0. The fourth-order valence-electron chi connectivity index (χ4n) is 3.76. The molecule has 2 aromatic carbocycles. The number of amides is 1. The maximum Gasteiger partial charge on any atom is 0.340 e.